The van der Waals surface area contributed by atoms with Crippen LogP contribution in [-0.4, -0.2) is 26.4 Å². The van der Waals surface area contributed by atoms with Crippen molar-refractivity contribution in [2.45, 2.75) is 11.4 Å². The minimum absolute atomic E-state index is 0.0176. The van der Waals surface area contributed by atoms with E-state index in [2.05, 4.69) is 10.3 Å². The zero-order valence-electron chi connectivity index (χ0n) is 15.0. The number of sulfonamides is 1. The summed E-state index contributed by atoms with van der Waals surface area (Å²) >= 11 is 5.96. The Morgan fingerprint density at radius 1 is 1.11 bits per heavy atom. The third-order valence-corrected chi connectivity index (χ3v) is 6.12. The van der Waals surface area contributed by atoms with Crippen LogP contribution in [0.25, 0.3) is 0 Å². The van der Waals surface area contributed by atoms with E-state index in [-0.39, 0.29) is 16.4 Å². The fourth-order valence-electron chi connectivity index (χ4n) is 2.55. The monoisotopic (exact) mass is 415 g/mol. The van der Waals surface area contributed by atoms with E-state index < -0.39 is 10.0 Å². The molecule has 0 aliphatic rings. The summed E-state index contributed by atoms with van der Waals surface area (Å²) in [6.45, 7) is 0.298. The van der Waals surface area contributed by atoms with Crippen molar-refractivity contribution in [3.05, 3.63) is 89.2 Å². The van der Waals surface area contributed by atoms with Gasteiger partial charge in [0.1, 0.15) is 0 Å². The molecule has 0 fully saturated rings. The van der Waals surface area contributed by atoms with Crippen LogP contribution in [0.5, 0.6) is 0 Å². The van der Waals surface area contributed by atoms with Gasteiger partial charge >= 0.3 is 0 Å². The molecule has 0 saturated heterocycles. The standard InChI is InChI=1S/C20H18ClN3O3S/c1-24(18-8-3-7-17(21)12-18)28(26,27)19-9-2-6-16(11-19)20(25)23-14-15-5-4-10-22-13-15/h2-13H,14H2,1H3,(H,23,25). The van der Waals surface area contributed by atoms with Crippen LogP contribution in [0.3, 0.4) is 0 Å². The maximum atomic E-state index is 12.9. The first-order valence-electron chi connectivity index (χ1n) is 8.39. The predicted octanol–water partition coefficient (Wildman–Crippen LogP) is 3.49. The highest BCUT2D eigenvalue weighted by molar-refractivity contribution is 7.92. The molecule has 1 heterocycles. The van der Waals surface area contributed by atoms with Crippen molar-refractivity contribution < 1.29 is 13.2 Å². The number of carbonyl (C=O) groups is 1. The number of halogens is 1. The van der Waals surface area contributed by atoms with Crippen molar-refractivity contribution in [2.24, 2.45) is 0 Å². The van der Waals surface area contributed by atoms with Gasteiger partial charge in [-0.3, -0.25) is 14.1 Å². The van der Waals surface area contributed by atoms with E-state index in [1.54, 1.807) is 48.8 Å². The van der Waals surface area contributed by atoms with Crippen LogP contribution in [-0.2, 0) is 16.6 Å². The Morgan fingerprint density at radius 3 is 2.61 bits per heavy atom. The van der Waals surface area contributed by atoms with E-state index in [1.165, 1.54) is 25.2 Å². The first kappa shape index (κ1) is 19.9. The quantitative estimate of drug-likeness (QED) is 0.668. The van der Waals surface area contributed by atoms with Crippen LogP contribution < -0.4 is 9.62 Å². The molecule has 0 saturated carbocycles. The molecule has 0 unspecified atom stereocenters. The van der Waals surface area contributed by atoms with Gasteiger partial charge in [-0.15, -0.1) is 0 Å². The van der Waals surface area contributed by atoms with Gasteiger partial charge in [0.2, 0.25) is 0 Å². The van der Waals surface area contributed by atoms with Crippen molar-refractivity contribution in [1.82, 2.24) is 10.3 Å². The topological polar surface area (TPSA) is 79.4 Å². The van der Waals surface area contributed by atoms with Crippen LogP contribution in [0.2, 0.25) is 5.02 Å². The van der Waals surface area contributed by atoms with Crippen LogP contribution >= 0.6 is 11.6 Å². The van der Waals surface area contributed by atoms with E-state index in [4.69, 9.17) is 11.6 Å². The molecule has 8 heteroatoms. The number of nitrogens with one attached hydrogen (secondary N) is 1. The maximum absolute atomic E-state index is 12.9. The Bertz CT molecular complexity index is 1090. The molecule has 0 atom stereocenters. The van der Waals surface area contributed by atoms with Crippen molar-refractivity contribution in [3.8, 4) is 0 Å². The van der Waals surface area contributed by atoms with Crippen molar-refractivity contribution >= 4 is 33.2 Å². The van der Waals surface area contributed by atoms with Crippen LogP contribution in [0.15, 0.2) is 78.0 Å². The average molecular weight is 416 g/mol. The summed E-state index contributed by atoms with van der Waals surface area (Å²) in [5.41, 5.74) is 1.53. The van der Waals surface area contributed by atoms with Gasteiger partial charge in [-0.1, -0.05) is 29.8 Å². The van der Waals surface area contributed by atoms with Gasteiger partial charge in [-0.05, 0) is 48.0 Å². The molecule has 0 aliphatic carbocycles. The van der Waals surface area contributed by atoms with E-state index in [1.807, 2.05) is 6.07 Å². The van der Waals surface area contributed by atoms with E-state index in [9.17, 15) is 13.2 Å². The Morgan fingerprint density at radius 2 is 1.89 bits per heavy atom. The lowest BCUT2D eigenvalue weighted by atomic mass is 10.2. The summed E-state index contributed by atoms with van der Waals surface area (Å²) in [6.07, 6.45) is 3.30. The minimum atomic E-state index is -3.85. The maximum Gasteiger partial charge on any atom is 0.264 e. The second-order valence-corrected chi connectivity index (χ2v) is 8.43. The van der Waals surface area contributed by atoms with Crippen LogP contribution in [0.4, 0.5) is 5.69 Å². The Hall–Kier alpha value is -2.90. The largest absolute Gasteiger partial charge is 0.348 e. The second-order valence-electron chi connectivity index (χ2n) is 6.02. The predicted molar refractivity (Wildman–Crippen MR) is 109 cm³/mol. The first-order chi connectivity index (χ1) is 13.4. The molecule has 1 amide bonds. The third-order valence-electron chi connectivity index (χ3n) is 4.10. The van der Waals surface area contributed by atoms with Gasteiger partial charge in [0, 0.05) is 36.6 Å². The average Bonchev–Trinajstić information content (AvgIpc) is 2.72. The van der Waals surface area contributed by atoms with E-state index >= 15 is 0 Å². The van der Waals surface area contributed by atoms with Gasteiger partial charge in [-0.25, -0.2) is 8.42 Å². The molecule has 3 rings (SSSR count). The van der Waals surface area contributed by atoms with Gasteiger partial charge in [0.15, 0.2) is 0 Å². The molecule has 0 spiro atoms. The number of rotatable bonds is 6. The summed E-state index contributed by atoms with van der Waals surface area (Å²) in [4.78, 5) is 16.4. The van der Waals surface area contributed by atoms with Crippen LogP contribution in [0, 0.1) is 0 Å². The minimum Gasteiger partial charge on any atom is -0.348 e. The van der Waals surface area contributed by atoms with Crippen molar-refractivity contribution in [2.75, 3.05) is 11.4 Å². The van der Waals surface area contributed by atoms with E-state index in [0.29, 0.717) is 17.3 Å². The molecular weight excluding hydrogens is 398 g/mol. The number of amides is 1. The molecular formula is C20H18ClN3O3S. The number of nitrogens with zero attached hydrogens (tertiary/aromatic N) is 2. The number of hydrogen-bond donors (Lipinski definition) is 1. The third kappa shape index (κ3) is 4.49. The van der Waals surface area contributed by atoms with Gasteiger partial charge in [-0.2, -0.15) is 0 Å². The summed E-state index contributed by atoms with van der Waals surface area (Å²) in [5.74, 6) is -0.369. The highest BCUT2D eigenvalue weighted by Crippen LogP contribution is 2.25. The normalized spacial score (nSPS) is 11.1. The lowest BCUT2D eigenvalue weighted by Crippen LogP contribution is -2.27. The Kier molecular flexibility index (Phi) is 5.96. The molecule has 6 nitrogen and oxygen atoms in total. The molecule has 2 aromatic carbocycles. The molecule has 0 radical (unpaired) electrons. The molecule has 0 bridgehead atoms. The Labute approximate surface area is 168 Å². The van der Waals surface area contributed by atoms with Gasteiger partial charge < -0.3 is 5.32 Å². The number of pyridine rings is 1. The smallest absolute Gasteiger partial charge is 0.264 e. The lowest BCUT2D eigenvalue weighted by molar-refractivity contribution is 0.0950. The zero-order valence-corrected chi connectivity index (χ0v) is 16.6. The number of benzene rings is 2. The molecule has 1 N–H and O–H groups in total. The zero-order chi connectivity index (χ0) is 20.1. The summed E-state index contributed by atoms with van der Waals surface area (Å²) < 4.78 is 27.0. The number of aromatic nitrogens is 1. The van der Waals surface area contributed by atoms with Gasteiger partial charge in [0.05, 0.1) is 10.6 Å². The number of carbonyl (C=O) groups excluding carboxylic acids is 1. The summed E-state index contributed by atoms with van der Waals surface area (Å²) in [6, 6.07) is 16.1. The molecule has 0 aliphatic heterocycles. The fourth-order valence-corrected chi connectivity index (χ4v) is 3.97. The Balaban J connectivity index is 1.80. The summed E-state index contributed by atoms with van der Waals surface area (Å²) in [5, 5.41) is 3.19. The first-order valence-corrected chi connectivity index (χ1v) is 10.2. The van der Waals surface area contributed by atoms with Crippen molar-refractivity contribution in [1.29, 1.82) is 0 Å². The lowest BCUT2D eigenvalue weighted by Gasteiger charge is -2.20. The van der Waals surface area contributed by atoms with Gasteiger partial charge in [0.25, 0.3) is 15.9 Å². The number of hydrogen-bond acceptors (Lipinski definition) is 4. The number of anilines is 1. The fraction of sp³-hybridized carbons (Fsp3) is 0.100. The van der Waals surface area contributed by atoms with Crippen molar-refractivity contribution in [3.63, 3.8) is 0 Å². The molecule has 3 aromatic rings. The molecule has 28 heavy (non-hydrogen) atoms. The van der Waals surface area contributed by atoms with E-state index in [0.717, 1.165) is 9.87 Å². The SMILES string of the molecule is CN(c1cccc(Cl)c1)S(=O)(=O)c1cccc(C(=O)NCc2cccnc2)c1. The summed E-state index contributed by atoms with van der Waals surface area (Å²) in [7, 11) is -2.41. The highest BCUT2D eigenvalue weighted by Gasteiger charge is 2.22. The molecule has 144 valence electrons. The highest BCUT2D eigenvalue weighted by atomic mass is 35.5. The second kappa shape index (κ2) is 8.41. The molecule has 1 aromatic heterocycles. The van der Waals surface area contributed by atoms with Crippen LogP contribution in [0.1, 0.15) is 15.9 Å².